The first-order valence-corrected chi connectivity index (χ1v) is 9.14. The van der Waals surface area contributed by atoms with Crippen LogP contribution in [0.1, 0.15) is 55.7 Å². The summed E-state index contributed by atoms with van der Waals surface area (Å²) < 4.78 is 10.3. The smallest absolute Gasteiger partial charge is 0.188 e. The lowest BCUT2D eigenvalue weighted by Gasteiger charge is -2.03. The predicted octanol–water partition coefficient (Wildman–Crippen LogP) is 5.58. The topological polar surface area (TPSA) is 18.5 Å². The molecule has 2 heteroatoms. The molecule has 25 heavy (non-hydrogen) atoms. The molecule has 2 rings (SSSR count). The van der Waals surface area contributed by atoms with E-state index >= 15 is 0 Å². The van der Waals surface area contributed by atoms with Crippen molar-refractivity contribution in [2.75, 3.05) is 13.9 Å². The highest BCUT2D eigenvalue weighted by Gasteiger charge is 1.95. The average Bonchev–Trinajstić information content (AvgIpc) is 2.66. The summed E-state index contributed by atoms with van der Waals surface area (Å²) in [7, 11) is 1.61. The number of methoxy groups -OCH3 is 1. The average molecular weight is 336 g/mol. The van der Waals surface area contributed by atoms with Crippen molar-refractivity contribution < 1.29 is 9.47 Å². The fraction of sp³-hybridized carbons (Fsp3) is 0.391. The van der Waals surface area contributed by atoms with Crippen LogP contribution in [0.25, 0.3) is 0 Å². The molecule has 0 aromatic heterocycles. The Morgan fingerprint density at radius 1 is 0.760 bits per heavy atom. The minimum absolute atomic E-state index is 0.260. The number of hydrogen-bond donors (Lipinski definition) is 0. The van der Waals surface area contributed by atoms with E-state index in [2.05, 4.69) is 43.0 Å². The highest BCUT2D eigenvalue weighted by atomic mass is 16.7. The van der Waals surface area contributed by atoms with Crippen molar-refractivity contribution in [3.63, 3.8) is 0 Å². The third-order valence-electron chi connectivity index (χ3n) is 4.07. The Bertz CT molecular complexity index is 660. The summed E-state index contributed by atoms with van der Waals surface area (Å²) in [5.41, 5.74) is 3.43. The molecule has 0 heterocycles. The number of hydrogen-bond acceptors (Lipinski definition) is 2. The first-order chi connectivity index (χ1) is 12.3. The summed E-state index contributed by atoms with van der Waals surface area (Å²) in [6.45, 7) is 2.51. The van der Waals surface area contributed by atoms with E-state index in [9.17, 15) is 0 Å². The Hall–Kier alpha value is -2.24. The number of benzene rings is 2. The van der Waals surface area contributed by atoms with Gasteiger partial charge in [0.1, 0.15) is 5.75 Å². The van der Waals surface area contributed by atoms with Gasteiger partial charge in [0.25, 0.3) is 0 Å². The van der Waals surface area contributed by atoms with Crippen molar-refractivity contribution in [3.8, 4) is 17.6 Å². The lowest BCUT2D eigenvalue weighted by molar-refractivity contribution is 0.0511. The normalized spacial score (nSPS) is 10.2. The van der Waals surface area contributed by atoms with Crippen LogP contribution in [0, 0.1) is 11.8 Å². The quantitative estimate of drug-likeness (QED) is 0.338. The van der Waals surface area contributed by atoms with Crippen LogP contribution in [0.15, 0.2) is 48.5 Å². The van der Waals surface area contributed by atoms with E-state index in [0.29, 0.717) is 0 Å². The van der Waals surface area contributed by atoms with Crippen LogP contribution in [-0.2, 0) is 11.2 Å². The molecule has 0 unspecified atom stereocenters. The molecule has 0 spiro atoms. The molecule has 0 amide bonds. The zero-order valence-corrected chi connectivity index (χ0v) is 15.4. The summed E-state index contributed by atoms with van der Waals surface area (Å²) in [5, 5.41) is 0. The number of ether oxygens (including phenoxy) is 2. The maximum Gasteiger partial charge on any atom is 0.188 e. The van der Waals surface area contributed by atoms with Crippen LogP contribution in [0.2, 0.25) is 0 Å². The van der Waals surface area contributed by atoms with Gasteiger partial charge in [0, 0.05) is 18.2 Å². The molecule has 132 valence electrons. The number of unbranched alkanes of at least 4 members (excludes halogenated alkanes) is 4. The van der Waals surface area contributed by atoms with Crippen molar-refractivity contribution in [2.24, 2.45) is 0 Å². The second-order valence-corrected chi connectivity index (χ2v) is 6.19. The Balaban J connectivity index is 1.83. The van der Waals surface area contributed by atoms with Gasteiger partial charge in [-0.25, -0.2) is 0 Å². The second kappa shape index (κ2) is 11.3. The van der Waals surface area contributed by atoms with E-state index in [0.717, 1.165) is 16.9 Å². The fourth-order valence-electron chi connectivity index (χ4n) is 2.59. The summed E-state index contributed by atoms with van der Waals surface area (Å²) >= 11 is 0. The minimum atomic E-state index is 0.260. The zero-order chi connectivity index (χ0) is 17.7. The van der Waals surface area contributed by atoms with E-state index in [4.69, 9.17) is 9.47 Å². The molecular formula is C23H28O2. The Labute approximate surface area is 152 Å². The highest BCUT2D eigenvalue weighted by molar-refractivity contribution is 5.44. The molecule has 0 bridgehead atoms. The largest absolute Gasteiger partial charge is 0.468 e. The minimum Gasteiger partial charge on any atom is -0.468 e. The van der Waals surface area contributed by atoms with Crippen molar-refractivity contribution in [3.05, 3.63) is 65.2 Å². The van der Waals surface area contributed by atoms with Gasteiger partial charge >= 0.3 is 0 Å². The Morgan fingerprint density at radius 2 is 1.36 bits per heavy atom. The van der Waals surface area contributed by atoms with Crippen LogP contribution in [0.5, 0.6) is 5.75 Å². The van der Waals surface area contributed by atoms with Gasteiger partial charge in [-0.1, -0.05) is 56.6 Å². The van der Waals surface area contributed by atoms with Gasteiger partial charge in [-0.15, -0.1) is 0 Å². The van der Waals surface area contributed by atoms with E-state index in [1.165, 1.54) is 44.1 Å². The molecule has 0 N–H and O–H groups in total. The number of rotatable bonds is 9. The predicted molar refractivity (Wildman–Crippen MR) is 104 cm³/mol. The first kappa shape index (κ1) is 19.1. The van der Waals surface area contributed by atoms with Crippen LogP contribution in [-0.4, -0.2) is 13.9 Å². The van der Waals surface area contributed by atoms with Crippen LogP contribution in [0.4, 0.5) is 0 Å². The summed E-state index contributed by atoms with van der Waals surface area (Å²) in [5.74, 6) is 7.20. The Morgan fingerprint density at radius 3 is 1.96 bits per heavy atom. The monoisotopic (exact) mass is 336 g/mol. The molecule has 0 saturated heterocycles. The van der Waals surface area contributed by atoms with Crippen molar-refractivity contribution in [2.45, 2.75) is 45.4 Å². The molecule has 0 aliphatic carbocycles. The third kappa shape index (κ3) is 7.45. The zero-order valence-electron chi connectivity index (χ0n) is 15.4. The third-order valence-corrected chi connectivity index (χ3v) is 4.07. The molecule has 0 atom stereocenters. The van der Waals surface area contributed by atoms with Crippen LogP contribution in [0.3, 0.4) is 0 Å². The van der Waals surface area contributed by atoms with E-state index in [1.807, 2.05) is 24.3 Å². The van der Waals surface area contributed by atoms with Gasteiger partial charge in [-0.05, 0) is 54.8 Å². The lowest BCUT2D eigenvalue weighted by atomic mass is 10.0. The van der Waals surface area contributed by atoms with Gasteiger partial charge < -0.3 is 9.47 Å². The van der Waals surface area contributed by atoms with Gasteiger partial charge in [0.05, 0.1) is 0 Å². The second-order valence-electron chi connectivity index (χ2n) is 6.19. The Kier molecular flexibility index (Phi) is 8.66. The van der Waals surface area contributed by atoms with E-state index in [1.54, 1.807) is 7.11 Å². The van der Waals surface area contributed by atoms with Gasteiger partial charge in [-0.2, -0.15) is 0 Å². The van der Waals surface area contributed by atoms with Crippen LogP contribution < -0.4 is 4.74 Å². The molecule has 0 fully saturated rings. The highest BCUT2D eigenvalue weighted by Crippen LogP contribution is 2.12. The summed E-state index contributed by atoms with van der Waals surface area (Å²) in [4.78, 5) is 0. The van der Waals surface area contributed by atoms with E-state index in [-0.39, 0.29) is 6.79 Å². The summed E-state index contributed by atoms with van der Waals surface area (Å²) in [6, 6.07) is 16.4. The molecule has 0 aliphatic rings. The van der Waals surface area contributed by atoms with Crippen molar-refractivity contribution in [1.82, 2.24) is 0 Å². The molecular weight excluding hydrogens is 308 g/mol. The molecule has 0 aliphatic heterocycles. The molecule has 2 aromatic rings. The fourth-order valence-corrected chi connectivity index (χ4v) is 2.59. The van der Waals surface area contributed by atoms with Crippen molar-refractivity contribution >= 4 is 0 Å². The SMILES string of the molecule is CCCCCCCc1ccc(C#Cc2ccc(OCOC)cc2)cc1. The maximum atomic E-state index is 5.37. The van der Waals surface area contributed by atoms with Crippen LogP contribution >= 0.6 is 0 Å². The molecule has 2 nitrogen and oxygen atoms in total. The lowest BCUT2D eigenvalue weighted by Crippen LogP contribution is -1.98. The van der Waals surface area contributed by atoms with Gasteiger partial charge in [0.2, 0.25) is 0 Å². The standard InChI is InChI=1S/C23H28O2/c1-3-4-5-6-7-8-20-9-11-21(12-10-20)13-14-22-15-17-23(18-16-22)25-19-24-2/h9-12,15-18H,3-8,19H2,1-2H3. The van der Waals surface area contributed by atoms with Gasteiger partial charge in [-0.3, -0.25) is 0 Å². The molecule has 0 saturated carbocycles. The molecule has 0 radical (unpaired) electrons. The molecule has 2 aromatic carbocycles. The van der Waals surface area contributed by atoms with E-state index < -0.39 is 0 Å². The summed E-state index contributed by atoms with van der Waals surface area (Å²) in [6.07, 6.45) is 7.79. The van der Waals surface area contributed by atoms with Crippen molar-refractivity contribution in [1.29, 1.82) is 0 Å². The van der Waals surface area contributed by atoms with Gasteiger partial charge in [0.15, 0.2) is 6.79 Å². The number of aryl methyl sites for hydroxylation is 1. The maximum absolute atomic E-state index is 5.37. The first-order valence-electron chi connectivity index (χ1n) is 9.14.